The van der Waals surface area contributed by atoms with Crippen LogP contribution < -0.4 is 5.32 Å². The fourth-order valence-electron chi connectivity index (χ4n) is 1.97. The van der Waals surface area contributed by atoms with E-state index in [-0.39, 0.29) is 12.5 Å². The van der Waals surface area contributed by atoms with Crippen LogP contribution in [0.15, 0.2) is 48.8 Å². The van der Waals surface area contributed by atoms with Gasteiger partial charge in [0, 0.05) is 25.0 Å². The van der Waals surface area contributed by atoms with Gasteiger partial charge in [-0.25, -0.2) is 0 Å². The van der Waals surface area contributed by atoms with Crippen LogP contribution in [-0.4, -0.2) is 16.1 Å². The van der Waals surface area contributed by atoms with Gasteiger partial charge in [-0.3, -0.25) is 9.78 Å². The van der Waals surface area contributed by atoms with E-state index in [2.05, 4.69) is 17.2 Å². The maximum atomic E-state index is 10.6. The van der Waals surface area contributed by atoms with Crippen molar-refractivity contribution < 1.29 is 9.90 Å². The summed E-state index contributed by atoms with van der Waals surface area (Å²) in [5.41, 5.74) is 3.10. The molecule has 0 radical (unpaired) electrons. The summed E-state index contributed by atoms with van der Waals surface area (Å²) in [6, 6.07) is 11.8. The van der Waals surface area contributed by atoms with Crippen molar-refractivity contribution in [2.75, 3.05) is 0 Å². The Balaban J connectivity index is 1.89. The Morgan fingerprint density at radius 2 is 1.95 bits per heavy atom. The molecule has 2 rings (SSSR count). The van der Waals surface area contributed by atoms with Crippen molar-refractivity contribution in [1.82, 2.24) is 10.3 Å². The first-order chi connectivity index (χ1) is 9.65. The number of carboxylic acids is 1. The van der Waals surface area contributed by atoms with E-state index in [0.717, 1.165) is 23.2 Å². The van der Waals surface area contributed by atoms with Gasteiger partial charge in [0.1, 0.15) is 0 Å². The summed E-state index contributed by atoms with van der Waals surface area (Å²) in [6.45, 7) is 2.83. The lowest BCUT2D eigenvalue weighted by Gasteiger charge is -2.14. The Morgan fingerprint density at radius 3 is 2.55 bits per heavy atom. The average Bonchev–Trinajstić information content (AvgIpc) is 2.46. The van der Waals surface area contributed by atoms with Crippen LogP contribution in [0.25, 0.3) is 0 Å². The van der Waals surface area contributed by atoms with Gasteiger partial charge in [0.2, 0.25) is 0 Å². The molecule has 2 N–H and O–H groups in total. The molecule has 0 saturated carbocycles. The molecule has 0 spiro atoms. The highest BCUT2D eigenvalue weighted by Gasteiger charge is 2.05. The minimum absolute atomic E-state index is 0.0692. The van der Waals surface area contributed by atoms with Crippen LogP contribution in [-0.2, 0) is 17.8 Å². The summed E-state index contributed by atoms with van der Waals surface area (Å²) in [5, 5.41) is 12.1. The lowest BCUT2D eigenvalue weighted by Crippen LogP contribution is -2.18. The van der Waals surface area contributed by atoms with Gasteiger partial charge in [0.15, 0.2) is 0 Å². The van der Waals surface area contributed by atoms with Gasteiger partial charge >= 0.3 is 5.97 Å². The van der Waals surface area contributed by atoms with E-state index in [1.54, 1.807) is 6.20 Å². The van der Waals surface area contributed by atoms with Gasteiger partial charge in [-0.05, 0) is 29.7 Å². The molecule has 0 amide bonds. The highest BCUT2D eigenvalue weighted by Crippen LogP contribution is 2.12. The van der Waals surface area contributed by atoms with E-state index in [1.165, 1.54) is 0 Å². The lowest BCUT2D eigenvalue weighted by molar-refractivity contribution is -0.136. The average molecular weight is 270 g/mol. The highest BCUT2D eigenvalue weighted by atomic mass is 16.4. The Morgan fingerprint density at radius 1 is 1.25 bits per heavy atom. The zero-order chi connectivity index (χ0) is 14.4. The summed E-state index contributed by atoms with van der Waals surface area (Å²) in [6.07, 6.45) is 3.69. The van der Waals surface area contributed by atoms with Crippen LogP contribution in [0.2, 0.25) is 0 Å². The largest absolute Gasteiger partial charge is 0.481 e. The zero-order valence-corrected chi connectivity index (χ0v) is 11.4. The third-order valence-electron chi connectivity index (χ3n) is 3.18. The summed E-state index contributed by atoms with van der Waals surface area (Å²) >= 11 is 0. The van der Waals surface area contributed by atoms with Crippen LogP contribution in [0.1, 0.15) is 29.7 Å². The molecule has 0 fully saturated rings. The van der Waals surface area contributed by atoms with Crippen LogP contribution in [0.3, 0.4) is 0 Å². The Hall–Kier alpha value is -2.20. The maximum Gasteiger partial charge on any atom is 0.307 e. The molecule has 0 aliphatic heterocycles. The fourth-order valence-corrected chi connectivity index (χ4v) is 1.97. The first-order valence-corrected chi connectivity index (χ1v) is 6.58. The maximum absolute atomic E-state index is 10.6. The Bertz CT molecular complexity index is 552. The monoisotopic (exact) mass is 270 g/mol. The number of carboxylic acid groups (broad SMARTS) is 1. The molecule has 1 heterocycles. The number of nitrogens with one attached hydrogen (secondary N) is 1. The van der Waals surface area contributed by atoms with Crippen LogP contribution in [0, 0.1) is 0 Å². The molecule has 20 heavy (non-hydrogen) atoms. The lowest BCUT2D eigenvalue weighted by atomic mass is 10.1. The second-order valence-corrected chi connectivity index (χ2v) is 4.78. The van der Waals surface area contributed by atoms with Gasteiger partial charge in [-0.2, -0.15) is 0 Å². The molecule has 0 unspecified atom stereocenters. The van der Waals surface area contributed by atoms with Crippen molar-refractivity contribution in [3.8, 4) is 0 Å². The topological polar surface area (TPSA) is 62.2 Å². The quantitative estimate of drug-likeness (QED) is 0.847. The Labute approximate surface area is 118 Å². The third-order valence-corrected chi connectivity index (χ3v) is 3.18. The number of hydrogen-bond donors (Lipinski definition) is 2. The van der Waals surface area contributed by atoms with E-state index in [0.29, 0.717) is 0 Å². The normalized spacial score (nSPS) is 12.1. The Kier molecular flexibility index (Phi) is 4.85. The summed E-state index contributed by atoms with van der Waals surface area (Å²) < 4.78 is 0. The molecule has 0 aliphatic rings. The molecular weight excluding hydrogens is 252 g/mol. The van der Waals surface area contributed by atoms with Crippen molar-refractivity contribution >= 4 is 5.97 Å². The van der Waals surface area contributed by atoms with Crippen molar-refractivity contribution in [2.45, 2.75) is 25.9 Å². The standard InChI is InChI=1S/C16H18N2O2/c1-12(15-3-2-8-17-11-15)18-10-14-6-4-13(5-7-14)9-16(19)20/h2-8,11-12,18H,9-10H2,1H3,(H,19,20)/t12-/m1/s1. The van der Waals surface area contributed by atoms with Crippen LogP contribution >= 0.6 is 0 Å². The minimum Gasteiger partial charge on any atom is -0.481 e. The number of aliphatic carboxylic acids is 1. The molecule has 1 aromatic carbocycles. The summed E-state index contributed by atoms with van der Waals surface area (Å²) in [5.74, 6) is -0.805. The van der Waals surface area contributed by atoms with E-state index in [9.17, 15) is 4.79 Å². The van der Waals surface area contributed by atoms with E-state index >= 15 is 0 Å². The summed E-state index contributed by atoms with van der Waals surface area (Å²) in [7, 11) is 0. The SMILES string of the molecule is C[C@@H](NCc1ccc(CC(=O)O)cc1)c1cccnc1. The number of carbonyl (C=O) groups is 1. The number of rotatable bonds is 6. The number of aromatic nitrogens is 1. The van der Waals surface area contributed by atoms with E-state index < -0.39 is 5.97 Å². The van der Waals surface area contributed by atoms with Gasteiger partial charge in [-0.1, -0.05) is 30.3 Å². The van der Waals surface area contributed by atoms with Gasteiger partial charge in [0.25, 0.3) is 0 Å². The number of benzene rings is 1. The molecule has 104 valence electrons. The van der Waals surface area contributed by atoms with Crippen molar-refractivity contribution in [3.63, 3.8) is 0 Å². The molecule has 0 saturated heterocycles. The highest BCUT2D eigenvalue weighted by molar-refractivity contribution is 5.70. The van der Waals surface area contributed by atoms with E-state index in [4.69, 9.17) is 5.11 Å². The minimum atomic E-state index is -0.805. The molecule has 4 nitrogen and oxygen atoms in total. The van der Waals surface area contributed by atoms with Gasteiger partial charge in [-0.15, -0.1) is 0 Å². The second-order valence-electron chi connectivity index (χ2n) is 4.78. The predicted molar refractivity (Wildman–Crippen MR) is 77.3 cm³/mol. The molecular formula is C16H18N2O2. The third kappa shape index (κ3) is 4.17. The number of hydrogen-bond acceptors (Lipinski definition) is 3. The predicted octanol–water partition coefficient (Wildman–Crippen LogP) is 2.56. The van der Waals surface area contributed by atoms with Gasteiger partial charge in [0.05, 0.1) is 6.42 Å². The number of nitrogens with zero attached hydrogens (tertiary/aromatic N) is 1. The second kappa shape index (κ2) is 6.82. The molecule has 2 aromatic rings. The fraction of sp³-hybridized carbons (Fsp3) is 0.250. The summed E-state index contributed by atoms with van der Waals surface area (Å²) in [4.78, 5) is 14.7. The smallest absolute Gasteiger partial charge is 0.307 e. The first kappa shape index (κ1) is 14.2. The van der Waals surface area contributed by atoms with E-state index in [1.807, 2.05) is 42.6 Å². The van der Waals surface area contributed by atoms with Gasteiger partial charge < -0.3 is 10.4 Å². The first-order valence-electron chi connectivity index (χ1n) is 6.58. The number of pyridine rings is 1. The van der Waals surface area contributed by atoms with Crippen molar-refractivity contribution in [1.29, 1.82) is 0 Å². The molecule has 4 heteroatoms. The van der Waals surface area contributed by atoms with Crippen molar-refractivity contribution in [3.05, 3.63) is 65.5 Å². The molecule has 1 atom stereocenters. The van der Waals surface area contributed by atoms with Crippen molar-refractivity contribution in [2.24, 2.45) is 0 Å². The van der Waals surface area contributed by atoms with Crippen LogP contribution in [0.4, 0.5) is 0 Å². The molecule has 0 aliphatic carbocycles. The molecule has 0 bridgehead atoms. The van der Waals surface area contributed by atoms with Crippen LogP contribution in [0.5, 0.6) is 0 Å². The molecule has 1 aromatic heterocycles. The zero-order valence-electron chi connectivity index (χ0n) is 11.4.